The molecule has 1 saturated heterocycles. The zero-order valence-electron chi connectivity index (χ0n) is 16.0. The molecule has 0 bridgehead atoms. The number of nitrogens with zero attached hydrogens (tertiary/aromatic N) is 1. The number of hydrogen-bond acceptors (Lipinski definition) is 3. The van der Waals surface area contributed by atoms with Crippen LogP contribution in [0.2, 0.25) is 5.02 Å². The van der Waals surface area contributed by atoms with Crippen molar-refractivity contribution in [1.82, 2.24) is 4.90 Å². The number of carbonyl (C=O) groups is 3. The molecule has 0 aliphatic carbocycles. The number of anilines is 1. The molecular weight excluding hydrogens is 368 g/mol. The van der Waals surface area contributed by atoms with Crippen molar-refractivity contribution in [2.45, 2.75) is 46.5 Å². The topological polar surface area (TPSA) is 86.7 Å². The Kier molecular flexibility index (Phi) is 6.87. The SMILES string of the molecule is CC(C)(C)CC(=O)Nc1ccc(Cl)c(C(=O)N2CCC(CC(=O)O)CC2)c1. The number of nitrogens with one attached hydrogen (secondary N) is 1. The number of aliphatic carboxylic acids is 1. The lowest BCUT2D eigenvalue weighted by molar-refractivity contribution is -0.138. The largest absolute Gasteiger partial charge is 0.481 e. The summed E-state index contributed by atoms with van der Waals surface area (Å²) >= 11 is 6.21. The van der Waals surface area contributed by atoms with Crippen molar-refractivity contribution < 1.29 is 19.5 Å². The van der Waals surface area contributed by atoms with Gasteiger partial charge in [-0.1, -0.05) is 32.4 Å². The van der Waals surface area contributed by atoms with Gasteiger partial charge >= 0.3 is 5.97 Å². The average Bonchev–Trinajstić information content (AvgIpc) is 2.54. The Balaban J connectivity index is 2.04. The third-order valence-electron chi connectivity index (χ3n) is 4.54. The summed E-state index contributed by atoms with van der Waals surface area (Å²) in [5.41, 5.74) is 0.759. The second-order valence-corrected chi connectivity index (χ2v) is 8.72. The van der Waals surface area contributed by atoms with Crippen LogP contribution >= 0.6 is 11.6 Å². The fourth-order valence-electron chi connectivity index (χ4n) is 3.21. The van der Waals surface area contributed by atoms with Gasteiger partial charge in [0.05, 0.1) is 10.6 Å². The maximum Gasteiger partial charge on any atom is 0.303 e. The van der Waals surface area contributed by atoms with E-state index in [1.807, 2.05) is 20.8 Å². The van der Waals surface area contributed by atoms with Crippen LogP contribution in [0.3, 0.4) is 0 Å². The normalized spacial score (nSPS) is 15.5. The van der Waals surface area contributed by atoms with Crippen molar-refractivity contribution in [2.24, 2.45) is 11.3 Å². The number of benzene rings is 1. The van der Waals surface area contributed by atoms with E-state index in [1.54, 1.807) is 23.1 Å². The van der Waals surface area contributed by atoms with E-state index < -0.39 is 5.97 Å². The molecule has 0 radical (unpaired) electrons. The molecule has 1 aliphatic heterocycles. The second-order valence-electron chi connectivity index (χ2n) is 8.31. The molecular formula is C20H27ClN2O4. The molecule has 6 nitrogen and oxygen atoms in total. The van der Waals surface area contributed by atoms with Crippen LogP contribution in [0.15, 0.2) is 18.2 Å². The van der Waals surface area contributed by atoms with Crippen LogP contribution in [0.5, 0.6) is 0 Å². The van der Waals surface area contributed by atoms with Crippen LogP contribution in [0.4, 0.5) is 5.69 Å². The van der Waals surface area contributed by atoms with Crippen LogP contribution in [-0.4, -0.2) is 40.9 Å². The number of amides is 2. The summed E-state index contributed by atoms with van der Waals surface area (Å²) in [7, 11) is 0. The lowest BCUT2D eigenvalue weighted by Crippen LogP contribution is -2.39. The first-order valence-electron chi connectivity index (χ1n) is 9.15. The molecule has 2 N–H and O–H groups in total. The van der Waals surface area contributed by atoms with Crippen LogP contribution in [0.1, 0.15) is 56.8 Å². The number of likely N-dealkylation sites (tertiary alicyclic amines) is 1. The van der Waals surface area contributed by atoms with Crippen LogP contribution in [0.25, 0.3) is 0 Å². The molecule has 2 rings (SSSR count). The fraction of sp³-hybridized carbons (Fsp3) is 0.550. The maximum atomic E-state index is 12.8. The van der Waals surface area contributed by atoms with Gasteiger partial charge in [-0.3, -0.25) is 14.4 Å². The smallest absolute Gasteiger partial charge is 0.303 e. The van der Waals surface area contributed by atoms with Gasteiger partial charge < -0.3 is 15.3 Å². The molecule has 1 aromatic rings. The molecule has 1 heterocycles. The molecule has 0 atom stereocenters. The second kappa shape index (κ2) is 8.74. The standard InChI is InChI=1S/C20H27ClN2O4/c1-20(2,3)12-17(24)22-14-4-5-16(21)15(11-14)19(27)23-8-6-13(7-9-23)10-18(25)26/h4-5,11,13H,6-10,12H2,1-3H3,(H,22,24)(H,25,26). The number of piperidine rings is 1. The summed E-state index contributed by atoms with van der Waals surface area (Å²) in [4.78, 5) is 37.5. The summed E-state index contributed by atoms with van der Waals surface area (Å²) in [6.07, 6.45) is 1.84. The van der Waals surface area contributed by atoms with Crippen LogP contribution in [0, 0.1) is 11.3 Å². The summed E-state index contributed by atoms with van der Waals surface area (Å²) in [5, 5.41) is 12.0. The summed E-state index contributed by atoms with van der Waals surface area (Å²) in [6, 6.07) is 4.89. The van der Waals surface area contributed by atoms with Gasteiger partial charge in [-0.05, 0) is 42.4 Å². The van der Waals surface area contributed by atoms with Crippen molar-refractivity contribution >= 4 is 35.1 Å². The summed E-state index contributed by atoms with van der Waals surface area (Å²) in [6.45, 7) is 6.97. The summed E-state index contributed by atoms with van der Waals surface area (Å²) in [5.74, 6) is -1.01. The Morgan fingerprint density at radius 3 is 2.41 bits per heavy atom. The Morgan fingerprint density at radius 2 is 1.85 bits per heavy atom. The minimum Gasteiger partial charge on any atom is -0.481 e. The Labute approximate surface area is 164 Å². The highest BCUT2D eigenvalue weighted by molar-refractivity contribution is 6.34. The Bertz CT molecular complexity index is 719. The van der Waals surface area contributed by atoms with E-state index in [2.05, 4.69) is 5.32 Å². The van der Waals surface area contributed by atoms with Crippen molar-refractivity contribution in [1.29, 1.82) is 0 Å². The zero-order valence-corrected chi connectivity index (χ0v) is 16.8. The monoisotopic (exact) mass is 394 g/mol. The minimum atomic E-state index is -0.804. The minimum absolute atomic E-state index is 0.102. The highest BCUT2D eigenvalue weighted by Crippen LogP contribution is 2.27. The fourth-order valence-corrected chi connectivity index (χ4v) is 3.41. The van der Waals surface area contributed by atoms with Gasteiger partial charge in [0.2, 0.25) is 5.91 Å². The first-order chi connectivity index (χ1) is 12.5. The predicted molar refractivity (Wildman–Crippen MR) is 105 cm³/mol. The van der Waals surface area contributed by atoms with Crippen molar-refractivity contribution in [3.63, 3.8) is 0 Å². The molecule has 1 fully saturated rings. The van der Waals surface area contributed by atoms with Gasteiger partial charge in [0.15, 0.2) is 0 Å². The quantitative estimate of drug-likeness (QED) is 0.788. The molecule has 0 saturated carbocycles. The number of carboxylic acid groups (broad SMARTS) is 1. The lowest BCUT2D eigenvalue weighted by atomic mass is 9.92. The first-order valence-corrected chi connectivity index (χ1v) is 9.53. The van der Waals surface area contributed by atoms with Crippen LogP contribution < -0.4 is 5.32 Å². The van der Waals surface area contributed by atoms with Crippen LogP contribution in [-0.2, 0) is 9.59 Å². The first kappa shape index (κ1) is 21.2. The van der Waals surface area contributed by atoms with Crippen molar-refractivity contribution in [2.75, 3.05) is 18.4 Å². The van der Waals surface area contributed by atoms with E-state index >= 15 is 0 Å². The van der Waals surface area contributed by atoms with Gasteiger partial charge in [0.25, 0.3) is 5.91 Å². The van der Waals surface area contributed by atoms with Gasteiger partial charge in [0.1, 0.15) is 0 Å². The van der Waals surface area contributed by atoms with Crippen molar-refractivity contribution in [3.05, 3.63) is 28.8 Å². The third kappa shape index (κ3) is 6.54. The van der Waals surface area contributed by atoms with E-state index in [1.165, 1.54) is 0 Å². The van der Waals surface area contributed by atoms with Gasteiger partial charge in [-0.2, -0.15) is 0 Å². The third-order valence-corrected chi connectivity index (χ3v) is 4.87. The lowest BCUT2D eigenvalue weighted by Gasteiger charge is -2.31. The average molecular weight is 395 g/mol. The molecule has 1 aliphatic rings. The molecule has 0 aromatic heterocycles. The van der Waals surface area contributed by atoms with Gasteiger partial charge in [-0.25, -0.2) is 0 Å². The molecule has 27 heavy (non-hydrogen) atoms. The zero-order chi connectivity index (χ0) is 20.2. The molecule has 7 heteroatoms. The Hall–Kier alpha value is -2.08. The van der Waals surface area contributed by atoms with E-state index in [0.29, 0.717) is 48.6 Å². The number of rotatable bonds is 5. The highest BCUT2D eigenvalue weighted by Gasteiger charge is 2.26. The molecule has 148 valence electrons. The van der Waals surface area contributed by atoms with E-state index in [0.717, 1.165) is 0 Å². The number of hydrogen-bond donors (Lipinski definition) is 2. The number of halogens is 1. The van der Waals surface area contributed by atoms with Gasteiger partial charge in [-0.15, -0.1) is 0 Å². The van der Waals surface area contributed by atoms with Crippen molar-refractivity contribution in [3.8, 4) is 0 Å². The van der Waals surface area contributed by atoms with E-state index in [4.69, 9.17) is 16.7 Å². The maximum absolute atomic E-state index is 12.8. The number of carboxylic acids is 1. The molecule has 0 spiro atoms. The molecule has 0 unspecified atom stereocenters. The summed E-state index contributed by atoms with van der Waals surface area (Å²) < 4.78 is 0. The van der Waals surface area contributed by atoms with E-state index in [9.17, 15) is 14.4 Å². The predicted octanol–water partition coefficient (Wildman–Crippen LogP) is 4.04. The number of carbonyl (C=O) groups excluding carboxylic acids is 2. The molecule has 1 aromatic carbocycles. The Morgan fingerprint density at radius 1 is 1.22 bits per heavy atom. The highest BCUT2D eigenvalue weighted by atomic mass is 35.5. The van der Waals surface area contributed by atoms with E-state index in [-0.39, 0.29) is 29.6 Å². The van der Waals surface area contributed by atoms with Gasteiger partial charge in [0, 0.05) is 31.6 Å². The molecule has 2 amide bonds.